The summed E-state index contributed by atoms with van der Waals surface area (Å²) in [6.07, 6.45) is 2.28. The first-order valence-electron chi connectivity index (χ1n) is 5.90. The molecular weight excluding hydrogens is 256 g/mol. The van der Waals surface area contributed by atoms with E-state index in [0.29, 0.717) is 16.9 Å². The number of hydrogen-bond donors (Lipinski definition) is 1. The van der Waals surface area contributed by atoms with Gasteiger partial charge in [0.05, 0.1) is 9.95 Å². The lowest BCUT2D eigenvalue weighted by Gasteiger charge is -2.34. The predicted molar refractivity (Wildman–Crippen MR) is 70.2 cm³/mol. The smallest absolute Gasteiger partial charge is 0.289 e. The lowest BCUT2D eigenvalue weighted by molar-refractivity contribution is -0.385. The molecule has 2 heterocycles. The number of nitrogens with one attached hydrogen (secondary N) is 1. The number of pyridine rings is 1. The van der Waals surface area contributed by atoms with Crippen molar-refractivity contribution >= 4 is 23.1 Å². The molecule has 0 spiro atoms. The van der Waals surface area contributed by atoms with Gasteiger partial charge in [0, 0.05) is 31.7 Å². The molecule has 7 heteroatoms. The predicted octanol–water partition coefficient (Wildman–Crippen LogP) is 1.83. The second kappa shape index (κ2) is 5.49. The Morgan fingerprint density at radius 2 is 2.50 bits per heavy atom. The molecule has 2 rings (SSSR count). The molecule has 0 radical (unpaired) electrons. The van der Waals surface area contributed by atoms with Gasteiger partial charge in [0.15, 0.2) is 0 Å². The number of nitrogens with zero attached hydrogens (tertiary/aromatic N) is 3. The van der Waals surface area contributed by atoms with Crippen molar-refractivity contribution in [2.24, 2.45) is 0 Å². The van der Waals surface area contributed by atoms with Gasteiger partial charge in [-0.1, -0.05) is 18.5 Å². The summed E-state index contributed by atoms with van der Waals surface area (Å²) in [5.41, 5.74) is -0.0778. The quantitative estimate of drug-likeness (QED) is 0.670. The molecule has 1 aromatic rings. The lowest BCUT2D eigenvalue weighted by atomic mass is 10.1. The SMILES string of the molecule is CCC1CN(c2ncc([N+](=O)[O-])cc2Cl)CCN1. The van der Waals surface area contributed by atoms with E-state index < -0.39 is 4.92 Å². The number of halogens is 1. The zero-order chi connectivity index (χ0) is 13.1. The van der Waals surface area contributed by atoms with Crippen molar-refractivity contribution in [2.45, 2.75) is 19.4 Å². The molecule has 1 aliphatic rings. The molecule has 98 valence electrons. The van der Waals surface area contributed by atoms with Crippen LogP contribution in [0.2, 0.25) is 5.02 Å². The monoisotopic (exact) mass is 270 g/mol. The van der Waals surface area contributed by atoms with E-state index in [1.54, 1.807) is 0 Å². The van der Waals surface area contributed by atoms with Gasteiger partial charge in [0.25, 0.3) is 5.69 Å². The van der Waals surface area contributed by atoms with Gasteiger partial charge in [-0.15, -0.1) is 0 Å². The van der Waals surface area contributed by atoms with Crippen molar-refractivity contribution in [1.29, 1.82) is 0 Å². The van der Waals surface area contributed by atoms with Crippen molar-refractivity contribution in [2.75, 3.05) is 24.5 Å². The molecule has 1 N–H and O–H groups in total. The van der Waals surface area contributed by atoms with Gasteiger partial charge in [0.2, 0.25) is 0 Å². The van der Waals surface area contributed by atoms with Crippen LogP contribution in [0, 0.1) is 10.1 Å². The summed E-state index contributed by atoms with van der Waals surface area (Å²) in [7, 11) is 0. The van der Waals surface area contributed by atoms with Gasteiger partial charge < -0.3 is 10.2 Å². The second-order valence-electron chi connectivity index (χ2n) is 4.26. The third-order valence-electron chi connectivity index (χ3n) is 3.07. The summed E-state index contributed by atoms with van der Waals surface area (Å²) in [6, 6.07) is 1.76. The van der Waals surface area contributed by atoms with E-state index in [4.69, 9.17) is 11.6 Å². The fraction of sp³-hybridized carbons (Fsp3) is 0.545. The number of hydrogen-bond acceptors (Lipinski definition) is 5. The zero-order valence-corrected chi connectivity index (χ0v) is 10.9. The normalized spacial score (nSPS) is 19.9. The molecule has 0 aliphatic carbocycles. The number of aromatic nitrogens is 1. The van der Waals surface area contributed by atoms with Crippen LogP contribution in [0.5, 0.6) is 0 Å². The van der Waals surface area contributed by atoms with Crippen molar-refractivity contribution in [3.8, 4) is 0 Å². The summed E-state index contributed by atoms with van der Waals surface area (Å²) in [5.74, 6) is 0.627. The molecule has 1 atom stereocenters. The first-order chi connectivity index (χ1) is 8.61. The number of piperazine rings is 1. The van der Waals surface area contributed by atoms with Gasteiger partial charge in [-0.2, -0.15) is 0 Å². The van der Waals surface area contributed by atoms with E-state index in [1.807, 2.05) is 0 Å². The van der Waals surface area contributed by atoms with Crippen molar-refractivity contribution in [1.82, 2.24) is 10.3 Å². The Morgan fingerprint density at radius 3 is 3.11 bits per heavy atom. The summed E-state index contributed by atoms with van der Waals surface area (Å²) >= 11 is 6.07. The van der Waals surface area contributed by atoms with Crippen LogP contribution < -0.4 is 10.2 Å². The molecule has 6 nitrogen and oxygen atoms in total. The van der Waals surface area contributed by atoms with Crippen LogP contribution in [0.1, 0.15) is 13.3 Å². The summed E-state index contributed by atoms with van der Waals surface area (Å²) in [4.78, 5) is 16.3. The van der Waals surface area contributed by atoms with Crippen LogP contribution in [0.3, 0.4) is 0 Å². The average molecular weight is 271 g/mol. The zero-order valence-electron chi connectivity index (χ0n) is 10.1. The van der Waals surface area contributed by atoms with Gasteiger partial charge in [0.1, 0.15) is 12.0 Å². The first-order valence-corrected chi connectivity index (χ1v) is 6.28. The standard InChI is InChI=1S/C11H15ClN4O2/c1-2-8-7-15(4-3-13-8)11-10(12)5-9(6-14-11)16(17)18/h5-6,8,13H,2-4,7H2,1H3. The Balaban J connectivity index is 2.20. The molecule has 1 unspecified atom stereocenters. The fourth-order valence-electron chi connectivity index (χ4n) is 2.04. The van der Waals surface area contributed by atoms with E-state index in [9.17, 15) is 10.1 Å². The maximum absolute atomic E-state index is 10.6. The average Bonchev–Trinajstić information content (AvgIpc) is 2.38. The van der Waals surface area contributed by atoms with E-state index in [2.05, 4.69) is 22.1 Å². The number of rotatable bonds is 3. The maximum atomic E-state index is 10.6. The molecule has 0 amide bonds. The molecule has 1 saturated heterocycles. The Morgan fingerprint density at radius 1 is 1.72 bits per heavy atom. The highest BCUT2D eigenvalue weighted by molar-refractivity contribution is 6.33. The van der Waals surface area contributed by atoms with Crippen LogP contribution >= 0.6 is 11.6 Å². The molecular formula is C11H15ClN4O2. The topological polar surface area (TPSA) is 71.3 Å². The molecule has 1 fully saturated rings. The van der Waals surface area contributed by atoms with Gasteiger partial charge in [-0.05, 0) is 6.42 Å². The highest BCUT2D eigenvalue weighted by Crippen LogP contribution is 2.27. The molecule has 0 bridgehead atoms. The van der Waals surface area contributed by atoms with Crippen LogP contribution in [-0.2, 0) is 0 Å². The minimum atomic E-state index is -0.491. The van der Waals surface area contributed by atoms with E-state index in [-0.39, 0.29) is 5.69 Å². The maximum Gasteiger partial charge on any atom is 0.289 e. The minimum absolute atomic E-state index is 0.0778. The molecule has 1 aliphatic heterocycles. The third-order valence-corrected chi connectivity index (χ3v) is 3.34. The van der Waals surface area contributed by atoms with Crippen LogP contribution in [-0.4, -0.2) is 35.6 Å². The second-order valence-corrected chi connectivity index (χ2v) is 4.67. The van der Waals surface area contributed by atoms with Crippen molar-refractivity contribution in [3.63, 3.8) is 0 Å². The Kier molecular flexibility index (Phi) is 3.98. The van der Waals surface area contributed by atoms with Gasteiger partial charge >= 0.3 is 0 Å². The van der Waals surface area contributed by atoms with Crippen LogP contribution in [0.4, 0.5) is 11.5 Å². The van der Waals surface area contributed by atoms with E-state index >= 15 is 0 Å². The minimum Gasteiger partial charge on any atom is -0.353 e. The lowest BCUT2D eigenvalue weighted by Crippen LogP contribution is -2.50. The summed E-state index contributed by atoms with van der Waals surface area (Å²) in [6.45, 7) is 4.61. The fourth-order valence-corrected chi connectivity index (χ4v) is 2.32. The molecule has 1 aromatic heterocycles. The van der Waals surface area contributed by atoms with E-state index in [0.717, 1.165) is 26.1 Å². The largest absolute Gasteiger partial charge is 0.353 e. The molecule has 0 aromatic carbocycles. The highest BCUT2D eigenvalue weighted by Gasteiger charge is 2.22. The molecule has 0 saturated carbocycles. The van der Waals surface area contributed by atoms with Crippen molar-refractivity contribution in [3.05, 3.63) is 27.4 Å². The van der Waals surface area contributed by atoms with Crippen LogP contribution in [0.15, 0.2) is 12.3 Å². The number of nitro groups is 1. The summed E-state index contributed by atoms with van der Waals surface area (Å²) in [5, 5.41) is 14.4. The molecule has 18 heavy (non-hydrogen) atoms. The van der Waals surface area contributed by atoms with Gasteiger partial charge in [-0.25, -0.2) is 4.98 Å². The Bertz CT molecular complexity index is 455. The van der Waals surface area contributed by atoms with E-state index in [1.165, 1.54) is 12.3 Å². The van der Waals surface area contributed by atoms with Gasteiger partial charge in [-0.3, -0.25) is 10.1 Å². The Labute approximate surface area is 110 Å². The summed E-state index contributed by atoms with van der Waals surface area (Å²) < 4.78 is 0. The highest BCUT2D eigenvalue weighted by atomic mass is 35.5. The number of anilines is 1. The first kappa shape index (κ1) is 13.0. The van der Waals surface area contributed by atoms with Crippen molar-refractivity contribution < 1.29 is 4.92 Å². The van der Waals surface area contributed by atoms with Crippen LogP contribution in [0.25, 0.3) is 0 Å². The Hall–Kier alpha value is -1.40. The third kappa shape index (κ3) is 2.70.